The minimum atomic E-state index is -0.901. The molecular weight excluding hydrogens is 426 g/mol. The van der Waals surface area contributed by atoms with Crippen molar-refractivity contribution in [3.05, 3.63) is 100 Å². The molecule has 7 heteroatoms. The highest BCUT2D eigenvalue weighted by atomic mass is 35.5. The summed E-state index contributed by atoms with van der Waals surface area (Å²) in [5.74, 6) is -1.77. The van der Waals surface area contributed by atoms with Crippen LogP contribution < -0.4 is 4.90 Å². The van der Waals surface area contributed by atoms with Crippen molar-refractivity contribution < 1.29 is 14.7 Å². The number of benzene rings is 2. The van der Waals surface area contributed by atoms with Gasteiger partial charge in [0.1, 0.15) is 11.8 Å². The second-order valence-corrected chi connectivity index (χ2v) is 8.04. The minimum absolute atomic E-state index is 0.0159. The molecule has 1 amide bonds. The van der Waals surface area contributed by atoms with E-state index in [0.717, 1.165) is 16.5 Å². The van der Waals surface area contributed by atoms with Gasteiger partial charge >= 0.3 is 0 Å². The van der Waals surface area contributed by atoms with Crippen LogP contribution in [0.3, 0.4) is 0 Å². The summed E-state index contributed by atoms with van der Waals surface area (Å²) in [5.41, 5.74) is 2.97. The van der Waals surface area contributed by atoms with Gasteiger partial charge in [0.05, 0.1) is 11.3 Å². The number of Topliss-reactive ketones (excluding diaryl/α,β-unsaturated/α-hetero) is 1. The molecule has 0 bridgehead atoms. The van der Waals surface area contributed by atoms with Crippen LogP contribution in [0.1, 0.15) is 22.9 Å². The van der Waals surface area contributed by atoms with E-state index in [1.807, 2.05) is 31.2 Å². The van der Waals surface area contributed by atoms with Crippen LogP contribution in [0.5, 0.6) is 0 Å². The Hall–Kier alpha value is -3.90. The van der Waals surface area contributed by atoms with Crippen molar-refractivity contribution in [2.45, 2.75) is 13.0 Å². The lowest BCUT2D eigenvalue weighted by Gasteiger charge is -2.26. The number of ketones is 1. The molecule has 1 atom stereocenters. The molecule has 0 saturated carbocycles. The van der Waals surface area contributed by atoms with Gasteiger partial charge in [0.15, 0.2) is 0 Å². The van der Waals surface area contributed by atoms with E-state index in [-0.39, 0.29) is 11.3 Å². The average Bonchev–Trinajstić information content (AvgIpc) is 3.35. The fraction of sp³-hybridized carbons (Fsp3) is 0.0800. The third-order valence-electron chi connectivity index (χ3n) is 5.69. The topological polar surface area (TPSA) is 86.3 Å². The summed E-state index contributed by atoms with van der Waals surface area (Å²) in [5, 5.41) is 12.5. The monoisotopic (exact) mass is 443 g/mol. The average molecular weight is 444 g/mol. The molecule has 1 aliphatic rings. The van der Waals surface area contributed by atoms with Crippen molar-refractivity contribution in [1.29, 1.82) is 0 Å². The molecule has 1 fully saturated rings. The van der Waals surface area contributed by atoms with Crippen molar-refractivity contribution in [3.8, 4) is 0 Å². The van der Waals surface area contributed by atoms with Gasteiger partial charge in [-0.15, -0.1) is 0 Å². The number of amides is 1. The smallest absolute Gasteiger partial charge is 0.300 e. The number of aromatic amines is 1. The van der Waals surface area contributed by atoms with E-state index in [4.69, 9.17) is 11.6 Å². The summed E-state index contributed by atoms with van der Waals surface area (Å²) < 4.78 is 0. The molecule has 0 aliphatic carbocycles. The summed E-state index contributed by atoms with van der Waals surface area (Å²) in [6.45, 7) is 1.83. The summed E-state index contributed by atoms with van der Waals surface area (Å²) in [7, 11) is 0. The van der Waals surface area contributed by atoms with Gasteiger partial charge in [-0.3, -0.25) is 19.5 Å². The number of anilines is 1. The number of carbonyl (C=O) groups is 2. The Labute approximate surface area is 188 Å². The van der Waals surface area contributed by atoms with Crippen molar-refractivity contribution >= 4 is 45.6 Å². The number of rotatable bonds is 3. The number of nitrogens with zero attached hydrogens (tertiary/aromatic N) is 2. The van der Waals surface area contributed by atoms with Crippen molar-refractivity contribution in [2.75, 3.05) is 4.90 Å². The molecule has 0 spiro atoms. The zero-order valence-electron chi connectivity index (χ0n) is 17.0. The van der Waals surface area contributed by atoms with Crippen LogP contribution in [0.2, 0.25) is 5.02 Å². The predicted molar refractivity (Wildman–Crippen MR) is 124 cm³/mol. The van der Waals surface area contributed by atoms with Crippen LogP contribution in [0, 0.1) is 6.92 Å². The lowest BCUT2D eigenvalue weighted by Crippen LogP contribution is -2.30. The Morgan fingerprint density at radius 1 is 1.09 bits per heavy atom. The number of fused-ring (bicyclic) bond motifs is 1. The largest absolute Gasteiger partial charge is 0.507 e. The van der Waals surface area contributed by atoms with Crippen LogP contribution in [-0.4, -0.2) is 26.8 Å². The van der Waals surface area contributed by atoms with E-state index in [2.05, 4.69) is 9.97 Å². The number of halogens is 1. The van der Waals surface area contributed by atoms with Gasteiger partial charge < -0.3 is 10.1 Å². The van der Waals surface area contributed by atoms with Crippen molar-refractivity contribution in [1.82, 2.24) is 9.97 Å². The molecule has 1 aliphatic heterocycles. The quantitative estimate of drug-likeness (QED) is 0.260. The lowest BCUT2D eigenvalue weighted by atomic mass is 9.97. The Balaban J connectivity index is 1.78. The molecule has 32 heavy (non-hydrogen) atoms. The number of aliphatic hydroxyl groups is 1. The van der Waals surface area contributed by atoms with Crippen LogP contribution in [0.15, 0.2) is 78.6 Å². The first-order valence-electron chi connectivity index (χ1n) is 10.0. The third kappa shape index (κ3) is 3.08. The lowest BCUT2D eigenvalue weighted by molar-refractivity contribution is -0.132. The zero-order valence-corrected chi connectivity index (χ0v) is 17.8. The second kappa shape index (κ2) is 7.66. The third-order valence-corrected chi connectivity index (χ3v) is 5.92. The fourth-order valence-corrected chi connectivity index (χ4v) is 4.32. The summed E-state index contributed by atoms with van der Waals surface area (Å²) in [6, 6.07) is 16.9. The molecule has 6 nitrogen and oxygen atoms in total. The van der Waals surface area contributed by atoms with Gasteiger partial charge in [-0.05, 0) is 42.8 Å². The van der Waals surface area contributed by atoms with Gasteiger partial charge in [-0.2, -0.15) is 0 Å². The number of carbonyl (C=O) groups excluding carboxylic acids is 2. The Morgan fingerprint density at radius 3 is 2.66 bits per heavy atom. The highest BCUT2D eigenvalue weighted by Gasteiger charge is 2.48. The molecule has 2 N–H and O–H groups in total. The number of H-pyrrole nitrogens is 1. The Kier molecular flexibility index (Phi) is 4.79. The first kappa shape index (κ1) is 20.0. The van der Waals surface area contributed by atoms with Crippen LogP contribution in [-0.2, 0) is 9.59 Å². The number of aromatic nitrogens is 2. The minimum Gasteiger partial charge on any atom is -0.507 e. The van der Waals surface area contributed by atoms with Gasteiger partial charge in [-0.1, -0.05) is 41.9 Å². The number of aliphatic hydroxyl groups excluding tert-OH is 1. The standard InChI is InChI=1S/C25H18ClN3O3/c1-14-9-10-15(26)12-20(14)29-22(19-8-4-5-11-27-19)21(24(31)25(29)32)23(30)17-13-28-18-7-3-2-6-16(17)18/h2-13,22,28,30H,1H3/b23-21-. The first-order valence-corrected chi connectivity index (χ1v) is 10.4. The van der Waals surface area contributed by atoms with Crippen molar-refractivity contribution in [3.63, 3.8) is 0 Å². The SMILES string of the molecule is Cc1ccc(Cl)cc1N1C(=O)C(=O)/C(=C(\O)c2c[nH]c3ccccc23)C1c1ccccn1. The van der Waals surface area contributed by atoms with Crippen LogP contribution in [0.4, 0.5) is 5.69 Å². The van der Waals surface area contributed by atoms with Gasteiger partial charge in [0, 0.05) is 39.6 Å². The summed E-state index contributed by atoms with van der Waals surface area (Å²) >= 11 is 6.21. The number of hydrogen-bond acceptors (Lipinski definition) is 4. The number of aryl methyl sites for hydroxylation is 1. The molecule has 5 rings (SSSR count). The first-order chi connectivity index (χ1) is 15.5. The predicted octanol–water partition coefficient (Wildman–Crippen LogP) is 5.15. The number of nitrogens with one attached hydrogen (secondary N) is 1. The van der Waals surface area contributed by atoms with Crippen LogP contribution in [0.25, 0.3) is 16.7 Å². The number of pyridine rings is 1. The highest BCUT2D eigenvalue weighted by Crippen LogP contribution is 2.43. The molecule has 2 aromatic heterocycles. The van der Waals surface area contributed by atoms with E-state index in [9.17, 15) is 14.7 Å². The van der Waals surface area contributed by atoms with E-state index in [1.165, 1.54) is 4.90 Å². The second-order valence-electron chi connectivity index (χ2n) is 7.60. The molecule has 2 aromatic carbocycles. The van der Waals surface area contributed by atoms with E-state index >= 15 is 0 Å². The highest BCUT2D eigenvalue weighted by molar-refractivity contribution is 6.52. The molecule has 3 heterocycles. The van der Waals surface area contributed by atoms with Crippen molar-refractivity contribution in [2.24, 2.45) is 0 Å². The van der Waals surface area contributed by atoms with Gasteiger partial charge in [0.2, 0.25) is 0 Å². The summed E-state index contributed by atoms with van der Waals surface area (Å²) in [4.78, 5) is 35.4. The van der Waals surface area contributed by atoms with E-state index in [0.29, 0.717) is 22.0 Å². The normalized spacial score (nSPS) is 17.9. The maximum absolute atomic E-state index is 13.3. The van der Waals surface area contributed by atoms with E-state index in [1.54, 1.807) is 48.8 Å². The maximum atomic E-state index is 13.3. The molecule has 158 valence electrons. The Bertz CT molecular complexity index is 1410. The van der Waals surface area contributed by atoms with E-state index < -0.39 is 17.7 Å². The zero-order chi connectivity index (χ0) is 22.4. The fourth-order valence-electron chi connectivity index (χ4n) is 4.15. The molecule has 1 unspecified atom stereocenters. The van der Waals surface area contributed by atoms with Gasteiger partial charge in [-0.25, -0.2) is 0 Å². The summed E-state index contributed by atoms with van der Waals surface area (Å²) in [6.07, 6.45) is 3.22. The van der Waals surface area contributed by atoms with Crippen LogP contribution >= 0.6 is 11.6 Å². The molecule has 0 radical (unpaired) electrons. The number of hydrogen-bond donors (Lipinski definition) is 2. The maximum Gasteiger partial charge on any atom is 0.300 e. The Morgan fingerprint density at radius 2 is 1.88 bits per heavy atom. The molecular formula is C25H18ClN3O3. The molecule has 4 aromatic rings. The van der Waals surface area contributed by atoms with Gasteiger partial charge in [0.25, 0.3) is 11.7 Å². The number of para-hydroxylation sites is 1. The molecule has 1 saturated heterocycles.